The average molecular weight is 430 g/mol. The molecule has 0 radical (unpaired) electrons. The van der Waals surface area contributed by atoms with Crippen LogP contribution in [0.2, 0.25) is 0 Å². The van der Waals surface area contributed by atoms with Gasteiger partial charge in [-0.05, 0) is 49.3 Å². The van der Waals surface area contributed by atoms with Gasteiger partial charge in [0.25, 0.3) is 0 Å². The van der Waals surface area contributed by atoms with E-state index in [4.69, 9.17) is 0 Å². The molecule has 2 aliphatic rings. The standard InChI is InChI=1S/C25H35NO3S/c1-17-5-4-6-18(11-17)13-21(27)7-8-22-23-14-19(12-20(23)15-24(22)28)9-10-30-16-25(29)26(2)3/h4-8,11-12,20-24,27-28H,9-10,13-16H2,1-3H3/b8-7+/t20-,21+,22+,23-,24+/m0/s1. The Balaban J connectivity index is 1.47. The Morgan fingerprint density at radius 1 is 1.37 bits per heavy atom. The Bertz CT molecular complexity index is 788. The number of rotatable bonds is 9. The SMILES string of the molecule is Cc1cccc(C[C@H](O)/C=C/[C@@H]2[C@H]3CC(CCSCC(=O)N(C)C)=C[C@H]3C[C@H]2O)c1. The maximum Gasteiger partial charge on any atom is 0.232 e. The van der Waals surface area contributed by atoms with Crippen molar-refractivity contribution in [1.82, 2.24) is 4.90 Å². The monoisotopic (exact) mass is 429 g/mol. The van der Waals surface area contributed by atoms with E-state index < -0.39 is 6.10 Å². The van der Waals surface area contributed by atoms with Gasteiger partial charge in [0.15, 0.2) is 0 Å². The molecule has 5 atom stereocenters. The van der Waals surface area contributed by atoms with E-state index in [1.165, 1.54) is 11.1 Å². The summed E-state index contributed by atoms with van der Waals surface area (Å²) >= 11 is 1.69. The molecule has 0 aromatic heterocycles. The number of allylic oxidation sites excluding steroid dienone is 2. The van der Waals surface area contributed by atoms with Crippen LogP contribution in [0.4, 0.5) is 0 Å². The van der Waals surface area contributed by atoms with Crippen molar-refractivity contribution in [3.63, 3.8) is 0 Å². The third-order valence-electron chi connectivity index (χ3n) is 6.32. The van der Waals surface area contributed by atoms with Crippen LogP contribution >= 0.6 is 11.8 Å². The highest BCUT2D eigenvalue weighted by molar-refractivity contribution is 7.99. The Morgan fingerprint density at radius 2 is 2.17 bits per heavy atom. The minimum atomic E-state index is -0.530. The summed E-state index contributed by atoms with van der Waals surface area (Å²) in [5.41, 5.74) is 3.79. The van der Waals surface area contributed by atoms with Crippen molar-refractivity contribution in [3.8, 4) is 0 Å². The molecule has 1 fully saturated rings. The number of nitrogens with zero attached hydrogens (tertiary/aromatic N) is 1. The zero-order valence-electron chi connectivity index (χ0n) is 18.3. The van der Waals surface area contributed by atoms with Crippen LogP contribution in [0.25, 0.3) is 0 Å². The van der Waals surface area contributed by atoms with Crippen LogP contribution in [0, 0.1) is 24.7 Å². The van der Waals surface area contributed by atoms with E-state index in [0.717, 1.165) is 30.6 Å². The van der Waals surface area contributed by atoms with Gasteiger partial charge in [0.05, 0.1) is 18.0 Å². The lowest BCUT2D eigenvalue weighted by Crippen LogP contribution is -2.23. The molecule has 0 heterocycles. The zero-order valence-corrected chi connectivity index (χ0v) is 19.1. The van der Waals surface area contributed by atoms with E-state index in [1.807, 2.05) is 18.2 Å². The first-order valence-electron chi connectivity index (χ1n) is 10.9. The first kappa shape index (κ1) is 23.1. The Hall–Kier alpha value is -1.56. The fraction of sp³-hybridized carbons (Fsp3) is 0.560. The third kappa shape index (κ3) is 6.22. The largest absolute Gasteiger partial charge is 0.392 e. The zero-order chi connectivity index (χ0) is 21.7. The van der Waals surface area contributed by atoms with Crippen LogP contribution in [0.15, 0.2) is 48.1 Å². The van der Waals surface area contributed by atoms with Crippen LogP contribution < -0.4 is 0 Å². The normalized spacial score (nSPS) is 26.6. The number of carbonyl (C=O) groups is 1. The van der Waals surface area contributed by atoms with Crippen molar-refractivity contribution in [2.45, 2.75) is 44.8 Å². The second-order valence-corrected chi connectivity index (χ2v) is 10.1. The molecule has 0 spiro atoms. The highest BCUT2D eigenvalue weighted by atomic mass is 32.2. The van der Waals surface area contributed by atoms with Gasteiger partial charge in [0.1, 0.15) is 0 Å². The van der Waals surface area contributed by atoms with Crippen LogP contribution in [-0.2, 0) is 11.2 Å². The summed E-state index contributed by atoms with van der Waals surface area (Å²) in [4.78, 5) is 13.3. The van der Waals surface area contributed by atoms with Crippen LogP contribution in [0.5, 0.6) is 0 Å². The Labute approximate surface area is 185 Å². The fourth-order valence-corrected chi connectivity index (χ4v) is 5.67. The second-order valence-electron chi connectivity index (χ2n) is 8.97. The Morgan fingerprint density at radius 3 is 2.90 bits per heavy atom. The molecular weight excluding hydrogens is 394 g/mol. The molecule has 2 aliphatic carbocycles. The molecule has 0 unspecified atom stereocenters. The molecule has 0 aliphatic heterocycles. The van der Waals surface area contributed by atoms with Crippen LogP contribution in [-0.4, -0.2) is 58.8 Å². The van der Waals surface area contributed by atoms with Gasteiger partial charge < -0.3 is 15.1 Å². The number of carbonyl (C=O) groups excluding carboxylic acids is 1. The quantitative estimate of drug-likeness (QED) is 0.465. The van der Waals surface area contributed by atoms with Gasteiger partial charge in [-0.1, -0.05) is 53.6 Å². The molecule has 1 aromatic rings. The van der Waals surface area contributed by atoms with Crippen LogP contribution in [0.1, 0.15) is 30.4 Å². The lowest BCUT2D eigenvalue weighted by molar-refractivity contribution is -0.125. The van der Waals surface area contributed by atoms with Gasteiger partial charge in [-0.3, -0.25) is 4.79 Å². The predicted octanol–water partition coefficient (Wildman–Crippen LogP) is 3.61. The van der Waals surface area contributed by atoms with E-state index in [-0.39, 0.29) is 17.9 Å². The fourth-order valence-electron chi connectivity index (χ4n) is 4.69. The minimum absolute atomic E-state index is 0.110. The lowest BCUT2D eigenvalue weighted by atomic mass is 9.88. The maximum atomic E-state index is 11.7. The maximum absolute atomic E-state index is 11.7. The number of hydrogen-bond acceptors (Lipinski definition) is 4. The van der Waals surface area contributed by atoms with Gasteiger partial charge in [0, 0.05) is 26.4 Å². The van der Waals surface area contributed by atoms with Crippen molar-refractivity contribution in [2.75, 3.05) is 25.6 Å². The molecule has 3 rings (SSSR count). The number of aliphatic hydroxyl groups is 2. The molecule has 164 valence electrons. The number of fused-ring (bicyclic) bond motifs is 1. The van der Waals surface area contributed by atoms with E-state index in [1.54, 1.807) is 30.8 Å². The van der Waals surface area contributed by atoms with Crippen molar-refractivity contribution in [3.05, 3.63) is 59.2 Å². The topological polar surface area (TPSA) is 60.8 Å². The second kappa shape index (κ2) is 10.7. The predicted molar refractivity (Wildman–Crippen MR) is 124 cm³/mol. The van der Waals surface area contributed by atoms with E-state index in [9.17, 15) is 15.0 Å². The summed E-state index contributed by atoms with van der Waals surface area (Å²) < 4.78 is 0. The highest BCUT2D eigenvalue weighted by Crippen LogP contribution is 2.48. The average Bonchev–Trinajstić information content (AvgIpc) is 3.19. The first-order chi connectivity index (χ1) is 14.3. The van der Waals surface area contributed by atoms with Gasteiger partial charge in [-0.15, -0.1) is 0 Å². The Kier molecular flexibility index (Phi) is 8.20. The molecule has 5 heteroatoms. The molecule has 30 heavy (non-hydrogen) atoms. The number of benzene rings is 1. The lowest BCUT2D eigenvalue weighted by Gasteiger charge is -2.19. The molecule has 1 saturated carbocycles. The summed E-state index contributed by atoms with van der Waals surface area (Å²) in [6.45, 7) is 2.06. The molecule has 0 bridgehead atoms. The molecule has 2 N–H and O–H groups in total. The number of aryl methyl sites for hydroxylation is 1. The summed E-state index contributed by atoms with van der Waals surface area (Å²) in [5.74, 6) is 2.64. The molecule has 4 nitrogen and oxygen atoms in total. The van der Waals surface area contributed by atoms with Gasteiger partial charge in [0.2, 0.25) is 5.91 Å². The van der Waals surface area contributed by atoms with E-state index in [2.05, 4.69) is 31.2 Å². The van der Waals surface area contributed by atoms with Crippen molar-refractivity contribution in [1.29, 1.82) is 0 Å². The van der Waals surface area contributed by atoms with Crippen LogP contribution in [0.3, 0.4) is 0 Å². The van der Waals surface area contributed by atoms with Gasteiger partial charge in [-0.2, -0.15) is 11.8 Å². The third-order valence-corrected chi connectivity index (χ3v) is 7.27. The molecule has 1 amide bonds. The number of thioether (sulfide) groups is 1. The summed E-state index contributed by atoms with van der Waals surface area (Å²) in [6.07, 6.45) is 8.87. The summed E-state index contributed by atoms with van der Waals surface area (Å²) in [5, 5.41) is 21.0. The van der Waals surface area contributed by atoms with Crippen molar-refractivity contribution < 1.29 is 15.0 Å². The first-order valence-corrected chi connectivity index (χ1v) is 12.1. The van der Waals surface area contributed by atoms with Gasteiger partial charge in [-0.25, -0.2) is 0 Å². The molecular formula is C25H35NO3S. The number of aliphatic hydroxyl groups excluding tert-OH is 2. The summed E-state index contributed by atoms with van der Waals surface area (Å²) in [6, 6.07) is 8.23. The summed E-state index contributed by atoms with van der Waals surface area (Å²) in [7, 11) is 3.58. The van der Waals surface area contributed by atoms with Crippen molar-refractivity contribution in [2.24, 2.45) is 17.8 Å². The smallest absolute Gasteiger partial charge is 0.232 e. The number of hydrogen-bond donors (Lipinski definition) is 2. The molecule has 1 aromatic carbocycles. The highest BCUT2D eigenvalue weighted by Gasteiger charge is 2.43. The van der Waals surface area contributed by atoms with Gasteiger partial charge >= 0.3 is 0 Å². The number of amides is 1. The van der Waals surface area contributed by atoms with Crippen molar-refractivity contribution >= 4 is 17.7 Å². The van der Waals surface area contributed by atoms with E-state index in [0.29, 0.717) is 24.0 Å². The van der Waals surface area contributed by atoms with E-state index >= 15 is 0 Å². The minimum Gasteiger partial charge on any atom is -0.392 e. The molecule has 0 saturated heterocycles.